The first kappa shape index (κ1) is 19.0. The Morgan fingerprint density at radius 2 is 1.52 bits per heavy atom. The van der Waals surface area contributed by atoms with Gasteiger partial charge in [0.1, 0.15) is 11.5 Å². The summed E-state index contributed by atoms with van der Waals surface area (Å²) in [7, 11) is 0. The van der Waals surface area contributed by atoms with Gasteiger partial charge in [-0.3, -0.25) is 4.79 Å². The minimum Gasteiger partial charge on any atom is -0.494 e. The van der Waals surface area contributed by atoms with Crippen LogP contribution in [0.2, 0.25) is 0 Å². The summed E-state index contributed by atoms with van der Waals surface area (Å²) in [6.07, 6.45) is 4.03. The van der Waals surface area contributed by atoms with Gasteiger partial charge in [0.2, 0.25) is 0 Å². The number of carbonyl (C=O) groups excluding carboxylic acids is 1. The molecule has 0 atom stereocenters. The van der Waals surface area contributed by atoms with E-state index < -0.39 is 0 Å². The van der Waals surface area contributed by atoms with Crippen LogP contribution in [0.15, 0.2) is 48.5 Å². The number of nitrogens with zero attached hydrogens (tertiary/aromatic N) is 1. The van der Waals surface area contributed by atoms with Crippen molar-refractivity contribution in [2.24, 2.45) is 11.8 Å². The van der Waals surface area contributed by atoms with Crippen molar-refractivity contribution in [1.82, 2.24) is 0 Å². The van der Waals surface area contributed by atoms with Crippen LogP contribution in [0.1, 0.15) is 39.0 Å². The zero-order valence-corrected chi connectivity index (χ0v) is 15.7. The maximum absolute atomic E-state index is 12.3. The number of carbonyl (C=O) groups is 1. The van der Waals surface area contributed by atoms with Gasteiger partial charge in [-0.15, -0.1) is 0 Å². The molecule has 0 aromatic heterocycles. The first-order valence-electron chi connectivity index (χ1n) is 9.64. The van der Waals surface area contributed by atoms with Crippen molar-refractivity contribution in [2.75, 3.05) is 6.61 Å². The smallest absolute Gasteiger partial charge is 0.314 e. The highest BCUT2D eigenvalue weighted by Gasteiger charge is 2.27. The lowest BCUT2D eigenvalue weighted by Crippen LogP contribution is -2.25. The predicted octanol–water partition coefficient (Wildman–Crippen LogP) is 5.38. The first-order chi connectivity index (χ1) is 13.2. The Labute approximate surface area is 160 Å². The number of rotatable bonds is 6. The Balaban J connectivity index is 1.57. The third-order valence-corrected chi connectivity index (χ3v) is 4.98. The van der Waals surface area contributed by atoms with Crippen LogP contribution in [0.3, 0.4) is 0 Å². The van der Waals surface area contributed by atoms with Gasteiger partial charge in [0.05, 0.1) is 18.6 Å². The fraction of sp³-hybridized carbons (Fsp3) is 0.391. The van der Waals surface area contributed by atoms with Gasteiger partial charge >= 0.3 is 5.97 Å². The second-order valence-corrected chi connectivity index (χ2v) is 7.00. The van der Waals surface area contributed by atoms with E-state index in [-0.39, 0.29) is 17.8 Å². The largest absolute Gasteiger partial charge is 0.494 e. The number of hydrogen-bond donors (Lipinski definition) is 0. The van der Waals surface area contributed by atoms with Crippen molar-refractivity contribution < 1.29 is 14.3 Å². The molecule has 1 aliphatic rings. The molecule has 140 valence electrons. The van der Waals surface area contributed by atoms with E-state index in [2.05, 4.69) is 13.0 Å². The van der Waals surface area contributed by atoms with Gasteiger partial charge in [0.25, 0.3) is 0 Å². The number of nitriles is 1. The van der Waals surface area contributed by atoms with Crippen LogP contribution in [0, 0.1) is 23.2 Å². The van der Waals surface area contributed by atoms with E-state index in [4.69, 9.17) is 14.7 Å². The number of hydrogen-bond acceptors (Lipinski definition) is 4. The standard InChI is InChI=1S/C23H25NO3/c1-2-15-26-21-11-7-18(8-12-21)19-9-13-22(14-10-19)27-23(25)20-5-3-17(16-24)4-6-20/h7-14,17,20H,2-6,15H2,1H3/t17-,20-. The van der Waals surface area contributed by atoms with Crippen molar-refractivity contribution in [2.45, 2.75) is 39.0 Å². The minimum absolute atomic E-state index is 0.0899. The maximum Gasteiger partial charge on any atom is 0.314 e. The van der Waals surface area contributed by atoms with Gasteiger partial charge in [0.15, 0.2) is 0 Å². The molecule has 1 fully saturated rings. The van der Waals surface area contributed by atoms with Crippen LogP contribution in [0.5, 0.6) is 11.5 Å². The van der Waals surface area contributed by atoms with Gasteiger partial charge in [-0.1, -0.05) is 31.2 Å². The fourth-order valence-electron chi connectivity index (χ4n) is 3.34. The average Bonchev–Trinajstić information content (AvgIpc) is 2.73. The first-order valence-corrected chi connectivity index (χ1v) is 9.64. The minimum atomic E-state index is -0.184. The molecular weight excluding hydrogens is 338 g/mol. The van der Waals surface area contributed by atoms with E-state index in [9.17, 15) is 4.79 Å². The van der Waals surface area contributed by atoms with E-state index >= 15 is 0 Å². The highest BCUT2D eigenvalue weighted by Crippen LogP contribution is 2.30. The second-order valence-electron chi connectivity index (χ2n) is 7.00. The lowest BCUT2D eigenvalue weighted by atomic mass is 9.83. The van der Waals surface area contributed by atoms with E-state index in [0.29, 0.717) is 5.75 Å². The number of benzene rings is 2. The fourth-order valence-corrected chi connectivity index (χ4v) is 3.34. The van der Waals surface area contributed by atoms with E-state index in [0.717, 1.165) is 55.6 Å². The zero-order valence-electron chi connectivity index (χ0n) is 15.7. The third kappa shape index (κ3) is 5.10. The van der Waals surface area contributed by atoms with E-state index in [1.165, 1.54) is 0 Å². The van der Waals surface area contributed by atoms with Crippen LogP contribution >= 0.6 is 0 Å². The summed E-state index contributed by atoms with van der Waals surface area (Å²) < 4.78 is 11.1. The molecule has 4 nitrogen and oxygen atoms in total. The Bertz CT molecular complexity index is 782. The molecular formula is C23H25NO3. The van der Waals surface area contributed by atoms with Crippen molar-refractivity contribution >= 4 is 5.97 Å². The summed E-state index contributed by atoms with van der Waals surface area (Å²) in [5.74, 6) is 1.25. The maximum atomic E-state index is 12.3. The van der Waals surface area contributed by atoms with E-state index in [1.54, 1.807) is 0 Å². The molecule has 2 aromatic carbocycles. The quantitative estimate of drug-likeness (QED) is 0.511. The molecule has 0 N–H and O–H groups in total. The van der Waals surface area contributed by atoms with Gasteiger partial charge in [-0.2, -0.15) is 5.26 Å². The Hall–Kier alpha value is -2.80. The van der Waals surface area contributed by atoms with Crippen molar-refractivity contribution in [3.63, 3.8) is 0 Å². The van der Waals surface area contributed by atoms with Crippen LogP contribution in [0.4, 0.5) is 0 Å². The topological polar surface area (TPSA) is 59.3 Å². The number of ether oxygens (including phenoxy) is 2. The van der Waals surface area contributed by atoms with Crippen LogP contribution in [-0.2, 0) is 4.79 Å². The summed E-state index contributed by atoms with van der Waals surface area (Å²) in [4.78, 5) is 12.3. The molecule has 0 spiro atoms. The van der Waals surface area contributed by atoms with Crippen LogP contribution in [-0.4, -0.2) is 12.6 Å². The molecule has 0 saturated heterocycles. The van der Waals surface area contributed by atoms with Gasteiger partial charge in [-0.25, -0.2) is 0 Å². The van der Waals surface area contributed by atoms with Crippen molar-refractivity contribution in [3.8, 4) is 28.7 Å². The average molecular weight is 363 g/mol. The normalized spacial score (nSPS) is 19.1. The summed E-state index contributed by atoms with van der Waals surface area (Å²) in [6.45, 7) is 2.80. The summed E-state index contributed by atoms with van der Waals surface area (Å²) in [5.41, 5.74) is 2.15. The molecule has 4 heteroatoms. The Kier molecular flexibility index (Phi) is 6.49. The molecule has 0 unspecified atom stereocenters. The molecule has 0 amide bonds. The van der Waals surface area contributed by atoms with Crippen molar-refractivity contribution in [1.29, 1.82) is 5.26 Å². The summed E-state index contributed by atoms with van der Waals surface area (Å²) in [5, 5.41) is 8.95. The van der Waals surface area contributed by atoms with Gasteiger partial charge in [-0.05, 0) is 67.5 Å². The molecule has 2 aromatic rings. The Morgan fingerprint density at radius 1 is 0.963 bits per heavy atom. The molecule has 0 heterocycles. The van der Waals surface area contributed by atoms with Crippen molar-refractivity contribution in [3.05, 3.63) is 48.5 Å². The lowest BCUT2D eigenvalue weighted by molar-refractivity contribution is -0.140. The van der Waals surface area contributed by atoms with Crippen LogP contribution in [0.25, 0.3) is 11.1 Å². The molecule has 3 rings (SSSR count). The van der Waals surface area contributed by atoms with E-state index in [1.807, 2.05) is 48.5 Å². The molecule has 27 heavy (non-hydrogen) atoms. The summed E-state index contributed by atoms with van der Waals surface area (Å²) in [6, 6.07) is 17.8. The Morgan fingerprint density at radius 3 is 2.04 bits per heavy atom. The second kappa shape index (κ2) is 9.23. The number of esters is 1. The molecule has 0 radical (unpaired) electrons. The summed E-state index contributed by atoms with van der Waals surface area (Å²) >= 11 is 0. The highest BCUT2D eigenvalue weighted by molar-refractivity contribution is 5.75. The lowest BCUT2D eigenvalue weighted by Gasteiger charge is -2.23. The van der Waals surface area contributed by atoms with Gasteiger partial charge < -0.3 is 9.47 Å². The van der Waals surface area contributed by atoms with Crippen LogP contribution < -0.4 is 9.47 Å². The zero-order chi connectivity index (χ0) is 19.1. The van der Waals surface area contributed by atoms with Gasteiger partial charge in [0, 0.05) is 5.92 Å². The monoisotopic (exact) mass is 363 g/mol. The SMILES string of the molecule is CCCOc1ccc(-c2ccc(OC(=O)[C@H]3CC[C@H](C#N)CC3)cc2)cc1. The third-order valence-electron chi connectivity index (χ3n) is 4.98. The molecule has 1 saturated carbocycles. The predicted molar refractivity (Wildman–Crippen MR) is 104 cm³/mol. The molecule has 1 aliphatic carbocycles. The molecule has 0 aliphatic heterocycles. The molecule has 0 bridgehead atoms. The highest BCUT2D eigenvalue weighted by atomic mass is 16.5.